The van der Waals surface area contributed by atoms with Gasteiger partial charge in [0.2, 0.25) is 0 Å². The van der Waals surface area contributed by atoms with E-state index in [-0.39, 0.29) is 21.4 Å². The minimum Gasteiger partial charge on any atom is -0.478 e. The number of benzene rings is 1. The van der Waals surface area contributed by atoms with Gasteiger partial charge in [0, 0.05) is 9.64 Å². The van der Waals surface area contributed by atoms with Gasteiger partial charge in [0.05, 0.1) is 10.5 Å². The molecule has 0 atom stereocenters. The molecule has 0 saturated carbocycles. The standard InChI is InChI=1S/C11H7ClIN3O4S/c12-9-4-10(15-5-14-9)16-21(19,20)6-1-2-8(13)7(3-6)11(17)18/h1-5H,(H,17,18)(H,14,15,16). The van der Waals surface area contributed by atoms with E-state index in [1.165, 1.54) is 18.2 Å². The number of aromatic carboxylic acids is 1. The molecule has 1 aromatic carbocycles. The molecular formula is C11H7ClIN3O4S. The van der Waals surface area contributed by atoms with Crippen LogP contribution in [0.25, 0.3) is 0 Å². The first kappa shape index (κ1) is 15.9. The molecule has 0 aliphatic carbocycles. The van der Waals surface area contributed by atoms with Gasteiger partial charge in [-0.15, -0.1) is 0 Å². The fourth-order valence-electron chi connectivity index (χ4n) is 1.42. The molecule has 0 radical (unpaired) electrons. The van der Waals surface area contributed by atoms with Crippen molar-refractivity contribution in [3.63, 3.8) is 0 Å². The van der Waals surface area contributed by atoms with Gasteiger partial charge in [-0.1, -0.05) is 11.6 Å². The maximum atomic E-state index is 12.2. The van der Waals surface area contributed by atoms with Crippen molar-refractivity contribution in [2.75, 3.05) is 4.72 Å². The zero-order chi connectivity index (χ0) is 15.6. The number of aromatic nitrogens is 2. The molecule has 7 nitrogen and oxygen atoms in total. The minimum atomic E-state index is -3.97. The second-order valence-corrected chi connectivity index (χ2v) is 7.01. The molecule has 0 saturated heterocycles. The van der Waals surface area contributed by atoms with Crippen LogP contribution in [-0.4, -0.2) is 29.5 Å². The van der Waals surface area contributed by atoms with Crippen LogP contribution in [-0.2, 0) is 10.0 Å². The fraction of sp³-hybridized carbons (Fsp3) is 0. The summed E-state index contributed by atoms with van der Waals surface area (Å²) >= 11 is 7.46. The molecule has 2 aromatic rings. The van der Waals surface area contributed by atoms with Crippen LogP contribution in [0.15, 0.2) is 35.5 Å². The second kappa shape index (κ2) is 6.12. The van der Waals surface area contributed by atoms with Crippen molar-refractivity contribution in [2.45, 2.75) is 4.90 Å². The van der Waals surface area contributed by atoms with E-state index >= 15 is 0 Å². The molecule has 0 aliphatic heterocycles. The van der Waals surface area contributed by atoms with Gasteiger partial charge in [-0.05, 0) is 40.8 Å². The number of hydrogen-bond donors (Lipinski definition) is 2. The molecule has 0 unspecified atom stereocenters. The maximum absolute atomic E-state index is 12.2. The van der Waals surface area contributed by atoms with Crippen molar-refractivity contribution in [3.05, 3.63) is 44.9 Å². The van der Waals surface area contributed by atoms with E-state index in [4.69, 9.17) is 16.7 Å². The normalized spacial score (nSPS) is 11.1. The van der Waals surface area contributed by atoms with Gasteiger partial charge in [-0.2, -0.15) is 0 Å². The van der Waals surface area contributed by atoms with E-state index in [0.29, 0.717) is 3.57 Å². The highest BCUT2D eigenvalue weighted by atomic mass is 127. The fourth-order valence-corrected chi connectivity index (χ4v) is 3.16. The van der Waals surface area contributed by atoms with Crippen molar-refractivity contribution in [1.29, 1.82) is 0 Å². The van der Waals surface area contributed by atoms with Crippen LogP contribution in [0, 0.1) is 3.57 Å². The topological polar surface area (TPSA) is 109 Å². The van der Waals surface area contributed by atoms with E-state index in [1.807, 2.05) is 22.6 Å². The highest BCUT2D eigenvalue weighted by Gasteiger charge is 2.19. The van der Waals surface area contributed by atoms with Crippen molar-refractivity contribution < 1.29 is 18.3 Å². The molecule has 0 spiro atoms. The summed E-state index contributed by atoms with van der Waals surface area (Å²) < 4.78 is 27.0. The first-order chi connectivity index (χ1) is 9.79. The molecule has 1 heterocycles. The monoisotopic (exact) mass is 439 g/mol. The van der Waals surface area contributed by atoms with Crippen molar-refractivity contribution in [3.8, 4) is 0 Å². The molecule has 0 aliphatic rings. The summed E-state index contributed by atoms with van der Waals surface area (Å²) in [6.07, 6.45) is 1.11. The number of hydrogen-bond acceptors (Lipinski definition) is 5. The van der Waals surface area contributed by atoms with E-state index in [9.17, 15) is 13.2 Å². The second-order valence-electron chi connectivity index (χ2n) is 3.78. The van der Waals surface area contributed by atoms with E-state index in [0.717, 1.165) is 12.4 Å². The Bertz CT molecular complexity index is 813. The highest BCUT2D eigenvalue weighted by molar-refractivity contribution is 14.1. The quantitative estimate of drug-likeness (QED) is 0.558. The smallest absolute Gasteiger partial charge is 0.336 e. The largest absolute Gasteiger partial charge is 0.478 e. The lowest BCUT2D eigenvalue weighted by Crippen LogP contribution is -2.15. The zero-order valence-electron chi connectivity index (χ0n) is 10.1. The average Bonchev–Trinajstić information content (AvgIpc) is 2.38. The Kier molecular flexibility index (Phi) is 4.64. The van der Waals surface area contributed by atoms with E-state index < -0.39 is 16.0 Å². The van der Waals surface area contributed by atoms with Crippen LogP contribution in [0.4, 0.5) is 5.82 Å². The zero-order valence-corrected chi connectivity index (χ0v) is 13.8. The molecule has 1 aromatic heterocycles. The molecule has 2 rings (SSSR count). The number of carboxylic acid groups (broad SMARTS) is 1. The third-order valence-corrected chi connectivity index (χ3v) is 4.85. The van der Waals surface area contributed by atoms with Crippen LogP contribution in [0.1, 0.15) is 10.4 Å². The summed E-state index contributed by atoms with van der Waals surface area (Å²) in [5.41, 5.74) is -0.0980. The van der Waals surface area contributed by atoms with E-state index in [1.54, 1.807) is 0 Å². The molecular weight excluding hydrogens is 433 g/mol. The highest BCUT2D eigenvalue weighted by Crippen LogP contribution is 2.20. The Hall–Kier alpha value is -1.46. The van der Waals surface area contributed by atoms with Gasteiger partial charge in [0.1, 0.15) is 17.3 Å². The number of carboxylic acids is 1. The lowest BCUT2D eigenvalue weighted by Gasteiger charge is -2.08. The van der Waals surface area contributed by atoms with Crippen molar-refractivity contribution in [1.82, 2.24) is 9.97 Å². The molecule has 0 bridgehead atoms. The average molecular weight is 440 g/mol. The Labute approximate surface area is 138 Å². The Morgan fingerprint density at radius 2 is 2.00 bits per heavy atom. The van der Waals surface area contributed by atoms with Gasteiger partial charge in [0.15, 0.2) is 0 Å². The van der Waals surface area contributed by atoms with Gasteiger partial charge in [0.25, 0.3) is 10.0 Å². The summed E-state index contributed by atoms with van der Waals surface area (Å²) in [5, 5.41) is 9.10. The molecule has 110 valence electrons. The number of nitrogens with zero attached hydrogens (tertiary/aromatic N) is 2. The number of carbonyl (C=O) groups is 1. The van der Waals surface area contributed by atoms with Crippen LogP contribution in [0.5, 0.6) is 0 Å². The minimum absolute atomic E-state index is 0.00887. The van der Waals surface area contributed by atoms with Gasteiger partial charge < -0.3 is 5.11 Å². The first-order valence-corrected chi connectivity index (χ1v) is 8.27. The number of halogens is 2. The molecule has 21 heavy (non-hydrogen) atoms. The molecule has 0 amide bonds. The summed E-state index contributed by atoms with van der Waals surface area (Å²) in [6.45, 7) is 0. The number of nitrogens with one attached hydrogen (secondary N) is 1. The summed E-state index contributed by atoms with van der Waals surface area (Å²) in [6, 6.07) is 5.03. The van der Waals surface area contributed by atoms with Gasteiger partial charge >= 0.3 is 5.97 Å². The third-order valence-electron chi connectivity index (χ3n) is 2.35. The van der Waals surface area contributed by atoms with Crippen LogP contribution >= 0.6 is 34.2 Å². The molecule has 10 heteroatoms. The summed E-state index contributed by atoms with van der Waals surface area (Å²) in [7, 11) is -3.97. The number of anilines is 1. The number of sulfonamides is 1. The Balaban J connectivity index is 2.40. The predicted octanol–water partition coefficient (Wildman–Crippen LogP) is 2.23. The van der Waals surface area contributed by atoms with Crippen LogP contribution in [0.2, 0.25) is 5.15 Å². The SMILES string of the molecule is O=C(O)c1cc(S(=O)(=O)Nc2cc(Cl)ncn2)ccc1I. The third kappa shape index (κ3) is 3.80. The summed E-state index contributed by atoms with van der Waals surface area (Å²) in [5.74, 6) is -1.22. The lowest BCUT2D eigenvalue weighted by molar-refractivity contribution is 0.0695. The lowest BCUT2D eigenvalue weighted by atomic mass is 10.2. The maximum Gasteiger partial charge on any atom is 0.336 e. The number of rotatable bonds is 4. The van der Waals surface area contributed by atoms with Crippen molar-refractivity contribution >= 4 is 56.0 Å². The summed E-state index contributed by atoms with van der Waals surface area (Å²) in [4.78, 5) is 18.2. The van der Waals surface area contributed by atoms with Crippen molar-refractivity contribution in [2.24, 2.45) is 0 Å². The molecule has 0 fully saturated rings. The van der Waals surface area contributed by atoms with Crippen LogP contribution < -0.4 is 4.72 Å². The Morgan fingerprint density at radius 3 is 2.62 bits per heavy atom. The van der Waals surface area contributed by atoms with Gasteiger partial charge in [-0.25, -0.2) is 23.2 Å². The predicted molar refractivity (Wildman–Crippen MR) is 84.0 cm³/mol. The Morgan fingerprint density at radius 1 is 1.29 bits per heavy atom. The first-order valence-electron chi connectivity index (χ1n) is 5.33. The van der Waals surface area contributed by atoms with Crippen LogP contribution in [0.3, 0.4) is 0 Å². The van der Waals surface area contributed by atoms with Gasteiger partial charge in [-0.3, -0.25) is 4.72 Å². The molecule has 2 N–H and O–H groups in total. The van der Waals surface area contributed by atoms with E-state index in [2.05, 4.69) is 14.7 Å².